The summed E-state index contributed by atoms with van der Waals surface area (Å²) in [6, 6.07) is 6.31. The Bertz CT molecular complexity index is 342. The van der Waals surface area contributed by atoms with Gasteiger partial charge in [-0.05, 0) is 50.3 Å². The zero-order valence-corrected chi connectivity index (χ0v) is 11.2. The maximum absolute atomic E-state index is 9.40. The summed E-state index contributed by atoms with van der Waals surface area (Å²) in [7, 11) is 0. The van der Waals surface area contributed by atoms with Crippen molar-refractivity contribution >= 4 is 0 Å². The van der Waals surface area contributed by atoms with Crippen LogP contribution < -0.4 is 5.32 Å². The summed E-state index contributed by atoms with van der Waals surface area (Å²) in [5, 5.41) is 13.0. The monoisotopic (exact) mass is 248 g/mol. The molecule has 100 valence electrons. The largest absolute Gasteiger partial charge is 0.396 e. The Hall–Kier alpha value is -0.930. The number of aromatic nitrogens is 1. The van der Waals surface area contributed by atoms with Crippen molar-refractivity contribution < 1.29 is 5.11 Å². The highest BCUT2D eigenvalue weighted by atomic mass is 16.3. The van der Waals surface area contributed by atoms with Gasteiger partial charge < -0.3 is 10.4 Å². The lowest BCUT2D eigenvalue weighted by Gasteiger charge is -2.31. The van der Waals surface area contributed by atoms with E-state index >= 15 is 0 Å². The molecule has 1 aromatic rings. The van der Waals surface area contributed by atoms with Gasteiger partial charge in [-0.2, -0.15) is 0 Å². The molecule has 0 amide bonds. The van der Waals surface area contributed by atoms with Crippen LogP contribution in [0.3, 0.4) is 0 Å². The second kappa shape index (κ2) is 6.86. The van der Waals surface area contributed by atoms with E-state index in [1.807, 2.05) is 18.3 Å². The molecule has 1 aromatic heterocycles. The van der Waals surface area contributed by atoms with E-state index in [2.05, 4.69) is 23.3 Å². The molecule has 0 saturated heterocycles. The fourth-order valence-corrected chi connectivity index (χ4v) is 2.86. The minimum absolute atomic E-state index is 0.285. The van der Waals surface area contributed by atoms with Gasteiger partial charge in [-0.25, -0.2) is 0 Å². The van der Waals surface area contributed by atoms with Crippen LogP contribution in [0.15, 0.2) is 24.4 Å². The molecule has 0 bridgehead atoms. The molecular formula is C15H24N2O. The molecular weight excluding hydrogens is 224 g/mol. The van der Waals surface area contributed by atoms with E-state index in [9.17, 15) is 5.11 Å². The van der Waals surface area contributed by atoms with E-state index < -0.39 is 0 Å². The fraction of sp³-hybridized carbons (Fsp3) is 0.667. The minimum atomic E-state index is 0.285. The predicted molar refractivity (Wildman–Crippen MR) is 73.2 cm³/mol. The predicted octanol–water partition coefficient (Wildman–Crippen LogP) is 2.53. The third kappa shape index (κ3) is 3.53. The molecule has 18 heavy (non-hydrogen) atoms. The smallest absolute Gasteiger partial charge is 0.0570 e. The number of pyridine rings is 1. The standard InChI is InChI=1S/C15H24N2O/c1-12(15-8-4-5-9-16-15)17-10-13-6-2-3-7-14(13)11-18/h4-5,8-9,12-14,17-18H,2-3,6-7,10-11H2,1H3. The van der Waals surface area contributed by atoms with Crippen molar-refractivity contribution in [2.45, 2.75) is 38.6 Å². The Morgan fingerprint density at radius 2 is 2.11 bits per heavy atom. The van der Waals surface area contributed by atoms with E-state index in [1.54, 1.807) is 0 Å². The van der Waals surface area contributed by atoms with E-state index in [0.29, 0.717) is 18.4 Å². The van der Waals surface area contributed by atoms with E-state index in [1.165, 1.54) is 25.7 Å². The van der Waals surface area contributed by atoms with Crippen molar-refractivity contribution in [2.24, 2.45) is 11.8 Å². The normalized spacial score (nSPS) is 25.9. The summed E-state index contributed by atoms with van der Waals surface area (Å²) in [4.78, 5) is 4.37. The van der Waals surface area contributed by atoms with Crippen LogP contribution >= 0.6 is 0 Å². The Balaban J connectivity index is 1.83. The zero-order chi connectivity index (χ0) is 12.8. The number of rotatable bonds is 5. The first kappa shape index (κ1) is 13.5. The van der Waals surface area contributed by atoms with Gasteiger partial charge in [0.1, 0.15) is 0 Å². The van der Waals surface area contributed by atoms with Crippen LogP contribution in [0.2, 0.25) is 0 Å². The Labute approximate surface area is 110 Å². The first-order chi connectivity index (χ1) is 8.81. The van der Waals surface area contributed by atoms with Crippen molar-refractivity contribution in [3.05, 3.63) is 30.1 Å². The van der Waals surface area contributed by atoms with Gasteiger partial charge in [0.15, 0.2) is 0 Å². The lowest BCUT2D eigenvalue weighted by atomic mass is 9.79. The van der Waals surface area contributed by atoms with Crippen LogP contribution in [0.25, 0.3) is 0 Å². The van der Waals surface area contributed by atoms with Crippen LogP contribution in [-0.2, 0) is 0 Å². The summed E-state index contributed by atoms with van der Waals surface area (Å²) >= 11 is 0. The maximum atomic E-state index is 9.40. The third-order valence-electron chi connectivity index (χ3n) is 4.12. The number of aliphatic hydroxyl groups is 1. The molecule has 0 aromatic carbocycles. The lowest BCUT2D eigenvalue weighted by Crippen LogP contribution is -2.33. The number of aliphatic hydroxyl groups excluding tert-OH is 1. The molecule has 3 unspecified atom stereocenters. The first-order valence-electron chi connectivity index (χ1n) is 7.06. The van der Waals surface area contributed by atoms with Crippen molar-refractivity contribution in [2.75, 3.05) is 13.2 Å². The summed E-state index contributed by atoms with van der Waals surface area (Å²) in [5.74, 6) is 1.11. The molecule has 1 aliphatic rings. The average molecular weight is 248 g/mol. The molecule has 3 nitrogen and oxygen atoms in total. The van der Waals surface area contributed by atoms with E-state index in [-0.39, 0.29) is 6.04 Å². The molecule has 1 fully saturated rings. The second-order valence-electron chi connectivity index (χ2n) is 5.37. The van der Waals surface area contributed by atoms with Gasteiger partial charge in [0, 0.05) is 18.8 Å². The minimum Gasteiger partial charge on any atom is -0.396 e. The highest BCUT2D eigenvalue weighted by Gasteiger charge is 2.24. The SMILES string of the molecule is CC(NCC1CCCCC1CO)c1ccccn1. The number of hydrogen-bond donors (Lipinski definition) is 2. The molecule has 3 heteroatoms. The lowest BCUT2D eigenvalue weighted by molar-refractivity contribution is 0.131. The summed E-state index contributed by atoms with van der Waals surface area (Å²) in [6.07, 6.45) is 6.84. The Kier molecular flexibility index (Phi) is 5.14. The summed E-state index contributed by atoms with van der Waals surface area (Å²) < 4.78 is 0. The molecule has 0 spiro atoms. The maximum Gasteiger partial charge on any atom is 0.0570 e. The van der Waals surface area contributed by atoms with Crippen molar-refractivity contribution in [1.82, 2.24) is 10.3 Å². The molecule has 2 N–H and O–H groups in total. The van der Waals surface area contributed by atoms with Gasteiger partial charge in [-0.3, -0.25) is 4.98 Å². The van der Waals surface area contributed by atoms with Gasteiger partial charge >= 0.3 is 0 Å². The number of hydrogen-bond acceptors (Lipinski definition) is 3. The highest BCUT2D eigenvalue weighted by Crippen LogP contribution is 2.29. The quantitative estimate of drug-likeness (QED) is 0.841. The molecule has 1 heterocycles. The van der Waals surface area contributed by atoms with Gasteiger partial charge in [-0.15, -0.1) is 0 Å². The topological polar surface area (TPSA) is 45.1 Å². The number of nitrogens with zero attached hydrogens (tertiary/aromatic N) is 1. The van der Waals surface area contributed by atoms with Gasteiger partial charge in [-0.1, -0.05) is 18.9 Å². The van der Waals surface area contributed by atoms with Crippen LogP contribution in [0.1, 0.15) is 44.3 Å². The molecule has 1 aliphatic carbocycles. The van der Waals surface area contributed by atoms with Crippen molar-refractivity contribution in [1.29, 1.82) is 0 Å². The van der Waals surface area contributed by atoms with E-state index in [4.69, 9.17) is 0 Å². The Morgan fingerprint density at radius 1 is 1.33 bits per heavy atom. The highest BCUT2D eigenvalue weighted by molar-refractivity contribution is 5.07. The van der Waals surface area contributed by atoms with Crippen LogP contribution in [0.4, 0.5) is 0 Å². The first-order valence-corrected chi connectivity index (χ1v) is 7.06. The third-order valence-corrected chi connectivity index (χ3v) is 4.12. The molecule has 0 radical (unpaired) electrons. The molecule has 3 atom stereocenters. The van der Waals surface area contributed by atoms with Crippen LogP contribution in [0, 0.1) is 11.8 Å². The van der Waals surface area contributed by atoms with Gasteiger partial charge in [0.25, 0.3) is 0 Å². The van der Waals surface area contributed by atoms with Crippen molar-refractivity contribution in [3.8, 4) is 0 Å². The Morgan fingerprint density at radius 3 is 2.78 bits per heavy atom. The van der Waals surface area contributed by atoms with Crippen molar-refractivity contribution in [3.63, 3.8) is 0 Å². The summed E-state index contributed by atoms with van der Waals surface area (Å²) in [6.45, 7) is 3.48. The second-order valence-corrected chi connectivity index (χ2v) is 5.37. The summed E-state index contributed by atoms with van der Waals surface area (Å²) in [5.41, 5.74) is 1.09. The van der Waals surface area contributed by atoms with Gasteiger partial charge in [0.05, 0.1) is 5.69 Å². The van der Waals surface area contributed by atoms with E-state index in [0.717, 1.165) is 12.2 Å². The zero-order valence-electron chi connectivity index (χ0n) is 11.2. The fourth-order valence-electron chi connectivity index (χ4n) is 2.86. The molecule has 1 saturated carbocycles. The number of nitrogens with one attached hydrogen (secondary N) is 1. The van der Waals surface area contributed by atoms with Crippen LogP contribution in [0.5, 0.6) is 0 Å². The van der Waals surface area contributed by atoms with Gasteiger partial charge in [0.2, 0.25) is 0 Å². The average Bonchev–Trinajstić information content (AvgIpc) is 2.46. The van der Waals surface area contributed by atoms with Crippen LogP contribution in [-0.4, -0.2) is 23.2 Å². The molecule has 2 rings (SSSR count). The molecule has 0 aliphatic heterocycles.